The highest BCUT2D eigenvalue weighted by Crippen LogP contribution is 2.21. The molecule has 6 nitrogen and oxygen atoms in total. The van der Waals surface area contributed by atoms with Crippen molar-refractivity contribution >= 4 is 11.6 Å². The summed E-state index contributed by atoms with van der Waals surface area (Å²) in [7, 11) is 0. The first-order valence-corrected chi connectivity index (χ1v) is 7.80. The van der Waals surface area contributed by atoms with E-state index in [1.165, 1.54) is 6.33 Å². The van der Waals surface area contributed by atoms with Gasteiger partial charge in [-0.25, -0.2) is 4.98 Å². The van der Waals surface area contributed by atoms with Gasteiger partial charge in [-0.15, -0.1) is 0 Å². The molecule has 6 heteroatoms. The maximum absolute atomic E-state index is 4.57. The van der Waals surface area contributed by atoms with Crippen LogP contribution < -0.4 is 5.32 Å². The van der Waals surface area contributed by atoms with Crippen molar-refractivity contribution in [3.8, 4) is 11.3 Å². The van der Waals surface area contributed by atoms with E-state index in [9.17, 15) is 0 Å². The predicted octanol–water partition coefficient (Wildman–Crippen LogP) is 2.84. The first-order chi connectivity index (χ1) is 11.9. The number of hydrogen-bond acceptors (Lipinski definition) is 5. The van der Waals surface area contributed by atoms with Crippen LogP contribution in [0.15, 0.2) is 67.1 Å². The molecule has 0 spiro atoms. The number of fused-ring (bicyclic) bond motifs is 1. The Bertz CT molecular complexity index is 934. The highest BCUT2D eigenvalue weighted by molar-refractivity contribution is 5.65. The van der Waals surface area contributed by atoms with Crippen LogP contribution in [-0.4, -0.2) is 31.1 Å². The van der Waals surface area contributed by atoms with Crippen LogP contribution in [0.2, 0.25) is 0 Å². The van der Waals surface area contributed by atoms with Crippen LogP contribution in [0.3, 0.4) is 0 Å². The fourth-order valence-electron chi connectivity index (χ4n) is 2.56. The summed E-state index contributed by atoms with van der Waals surface area (Å²) >= 11 is 0. The van der Waals surface area contributed by atoms with E-state index in [1.54, 1.807) is 4.52 Å². The Balaban J connectivity index is 1.60. The number of aromatic nitrogens is 5. The maximum Gasteiger partial charge on any atom is 0.254 e. The average molecular weight is 316 g/mol. The molecule has 0 radical (unpaired) electrons. The zero-order valence-corrected chi connectivity index (χ0v) is 13.0. The number of pyridine rings is 1. The summed E-state index contributed by atoms with van der Waals surface area (Å²) in [5.74, 6) is 1.45. The quantitative estimate of drug-likeness (QED) is 0.613. The third-order valence-electron chi connectivity index (χ3n) is 3.73. The van der Waals surface area contributed by atoms with Crippen LogP contribution in [0.5, 0.6) is 0 Å². The molecule has 0 unspecified atom stereocenters. The molecule has 0 atom stereocenters. The van der Waals surface area contributed by atoms with Gasteiger partial charge in [0, 0.05) is 36.5 Å². The molecule has 4 rings (SSSR count). The molecule has 0 saturated heterocycles. The lowest BCUT2D eigenvalue weighted by molar-refractivity contribution is 0.901. The molecular weight excluding hydrogens is 300 g/mol. The summed E-state index contributed by atoms with van der Waals surface area (Å²) in [6, 6.07) is 18.0. The minimum Gasteiger partial charge on any atom is -0.369 e. The van der Waals surface area contributed by atoms with Crippen molar-refractivity contribution in [3.63, 3.8) is 0 Å². The van der Waals surface area contributed by atoms with Crippen molar-refractivity contribution in [1.82, 2.24) is 24.6 Å². The molecule has 0 bridgehead atoms. The number of nitrogens with zero attached hydrogens (tertiary/aromatic N) is 5. The standard InChI is InChI=1S/C18H16N6/c1-2-6-14(7-3-1)16-12-17(24-18(23-16)21-13-22-24)20-11-9-15-8-4-5-10-19-15/h1-8,10,12-13,20H,9,11H2. The molecule has 0 aliphatic carbocycles. The third kappa shape index (κ3) is 2.94. The van der Waals surface area contributed by atoms with Gasteiger partial charge < -0.3 is 5.32 Å². The van der Waals surface area contributed by atoms with E-state index in [0.717, 1.165) is 35.7 Å². The second-order valence-electron chi connectivity index (χ2n) is 5.36. The van der Waals surface area contributed by atoms with Gasteiger partial charge in [-0.05, 0) is 12.1 Å². The molecule has 0 aliphatic rings. The lowest BCUT2D eigenvalue weighted by atomic mass is 10.1. The number of hydrogen-bond donors (Lipinski definition) is 1. The third-order valence-corrected chi connectivity index (χ3v) is 3.73. The Kier molecular flexibility index (Phi) is 3.85. The number of benzene rings is 1. The molecular formula is C18H16N6. The van der Waals surface area contributed by atoms with Gasteiger partial charge >= 0.3 is 0 Å². The summed E-state index contributed by atoms with van der Waals surface area (Å²) in [5.41, 5.74) is 2.98. The van der Waals surface area contributed by atoms with Gasteiger partial charge in [0.25, 0.3) is 5.78 Å². The van der Waals surface area contributed by atoms with Crippen molar-refractivity contribution < 1.29 is 0 Å². The summed E-state index contributed by atoms with van der Waals surface area (Å²) in [6.45, 7) is 0.754. The molecule has 0 saturated carbocycles. The normalized spacial score (nSPS) is 10.8. The fraction of sp³-hybridized carbons (Fsp3) is 0.111. The summed E-state index contributed by atoms with van der Waals surface area (Å²) in [6.07, 6.45) is 4.16. The first kappa shape index (κ1) is 14.3. The zero-order chi connectivity index (χ0) is 16.2. The Morgan fingerprint density at radius 2 is 1.83 bits per heavy atom. The van der Waals surface area contributed by atoms with Crippen LogP contribution in [0, 0.1) is 0 Å². The minimum absolute atomic E-state index is 0.580. The van der Waals surface area contributed by atoms with Gasteiger partial charge in [-0.3, -0.25) is 4.98 Å². The van der Waals surface area contributed by atoms with E-state index >= 15 is 0 Å². The van der Waals surface area contributed by atoms with Crippen molar-refractivity contribution in [3.05, 3.63) is 72.8 Å². The fourth-order valence-corrected chi connectivity index (χ4v) is 2.56. The largest absolute Gasteiger partial charge is 0.369 e. The second-order valence-corrected chi connectivity index (χ2v) is 5.36. The Labute approximate surface area is 139 Å². The predicted molar refractivity (Wildman–Crippen MR) is 92.6 cm³/mol. The van der Waals surface area contributed by atoms with Gasteiger partial charge in [0.15, 0.2) is 0 Å². The molecule has 0 fully saturated rings. The van der Waals surface area contributed by atoms with E-state index in [4.69, 9.17) is 0 Å². The van der Waals surface area contributed by atoms with Gasteiger partial charge in [0.05, 0.1) is 5.69 Å². The van der Waals surface area contributed by atoms with Crippen LogP contribution >= 0.6 is 0 Å². The van der Waals surface area contributed by atoms with E-state index in [-0.39, 0.29) is 0 Å². The van der Waals surface area contributed by atoms with Crippen LogP contribution in [0.4, 0.5) is 5.82 Å². The van der Waals surface area contributed by atoms with E-state index in [2.05, 4.69) is 25.4 Å². The molecule has 3 heterocycles. The molecule has 1 N–H and O–H groups in total. The molecule has 1 aromatic carbocycles. The minimum atomic E-state index is 0.580. The molecule has 3 aromatic heterocycles. The number of anilines is 1. The van der Waals surface area contributed by atoms with Crippen molar-refractivity contribution in [2.45, 2.75) is 6.42 Å². The van der Waals surface area contributed by atoms with E-state index in [1.807, 2.05) is 60.8 Å². The van der Waals surface area contributed by atoms with Gasteiger partial charge in [-0.1, -0.05) is 36.4 Å². The van der Waals surface area contributed by atoms with Gasteiger partial charge in [-0.2, -0.15) is 14.6 Å². The summed E-state index contributed by atoms with van der Waals surface area (Å²) < 4.78 is 1.71. The van der Waals surface area contributed by atoms with Crippen molar-refractivity contribution in [2.75, 3.05) is 11.9 Å². The average Bonchev–Trinajstić information content (AvgIpc) is 3.12. The lowest BCUT2D eigenvalue weighted by Gasteiger charge is -2.10. The SMILES string of the molecule is c1ccc(-c2cc(NCCc3ccccn3)n3ncnc3n2)cc1. The first-order valence-electron chi connectivity index (χ1n) is 7.80. The van der Waals surface area contributed by atoms with Gasteiger partial charge in [0.2, 0.25) is 0 Å². The zero-order valence-electron chi connectivity index (χ0n) is 13.0. The summed E-state index contributed by atoms with van der Waals surface area (Å²) in [4.78, 5) is 13.1. The van der Waals surface area contributed by atoms with Gasteiger partial charge in [0.1, 0.15) is 12.1 Å². The maximum atomic E-state index is 4.57. The molecule has 118 valence electrons. The number of rotatable bonds is 5. The molecule has 0 amide bonds. The molecule has 24 heavy (non-hydrogen) atoms. The topological polar surface area (TPSA) is 68.0 Å². The van der Waals surface area contributed by atoms with E-state index in [0.29, 0.717) is 5.78 Å². The highest BCUT2D eigenvalue weighted by atomic mass is 15.3. The van der Waals surface area contributed by atoms with Crippen molar-refractivity contribution in [2.24, 2.45) is 0 Å². The highest BCUT2D eigenvalue weighted by Gasteiger charge is 2.08. The monoisotopic (exact) mass is 316 g/mol. The van der Waals surface area contributed by atoms with E-state index < -0.39 is 0 Å². The Morgan fingerprint density at radius 1 is 0.958 bits per heavy atom. The van der Waals surface area contributed by atoms with Crippen molar-refractivity contribution in [1.29, 1.82) is 0 Å². The van der Waals surface area contributed by atoms with Crippen LogP contribution in [0.1, 0.15) is 5.69 Å². The molecule has 4 aromatic rings. The summed E-state index contributed by atoms with van der Waals surface area (Å²) in [5, 5.41) is 7.66. The number of nitrogens with one attached hydrogen (secondary N) is 1. The van der Waals surface area contributed by atoms with Crippen LogP contribution in [0.25, 0.3) is 17.0 Å². The Morgan fingerprint density at radius 3 is 2.67 bits per heavy atom. The molecule has 0 aliphatic heterocycles. The van der Waals surface area contributed by atoms with Crippen LogP contribution in [-0.2, 0) is 6.42 Å². The second kappa shape index (κ2) is 6.45. The lowest BCUT2D eigenvalue weighted by Crippen LogP contribution is -2.10. The Hall–Kier alpha value is -3.28. The smallest absolute Gasteiger partial charge is 0.254 e.